The van der Waals surface area contributed by atoms with Gasteiger partial charge in [-0.25, -0.2) is 4.98 Å². The zero-order valence-corrected chi connectivity index (χ0v) is 11.2. The van der Waals surface area contributed by atoms with E-state index in [-0.39, 0.29) is 0 Å². The highest BCUT2D eigenvalue weighted by molar-refractivity contribution is 5.40. The van der Waals surface area contributed by atoms with Crippen LogP contribution in [-0.4, -0.2) is 18.1 Å². The second-order valence-corrected chi connectivity index (χ2v) is 4.51. The Hall–Kier alpha value is -1.25. The summed E-state index contributed by atoms with van der Waals surface area (Å²) in [5.41, 5.74) is 0. The van der Waals surface area contributed by atoms with Crippen molar-refractivity contribution in [2.45, 2.75) is 40.0 Å². The Labute approximate surface area is 105 Å². The van der Waals surface area contributed by atoms with Crippen LogP contribution in [0.25, 0.3) is 0 Å². The highest BCUT2D eigenvalue weighted by atomic mass is 16.5. The lowest BCUT2D eigenvalue weighted by Gasteiger charge is -2.12. The highest BCUT2D eigenvalue weighted by Gasteiger charge is 2.03. The van der Waals surface area contributed by atoms with Crippen LogP contribution < -0.4 is 10.1 Å². The summed E-state index contributed by atoms with van der Waals surface area (Å²) in [6, 6.07) is 3.88. The molecule has 0 saturated carbocycles. The van der Waals surface area contributed by atoms with Crippen LogP contribution in [0.2, 0.25) is 0 Å². The van der Waals surface area contributed by atoms with Gasteiger partial charge >= 0.3 is 0 Å². The van der Waals surface area contributed by atoms with Crippen molar-refractivity contribution in [3.05, 3.63) is 18.3 Å². The van der Waals surface area contributed by atoms with Gasteiger partial charge in [0.1, 0.15) is 11.6 Å². The quantitative estimate of drug-likeness (QED) is 0.747. The summed E-state index contributed by atoms with van der Waals surface area (Å²) < 4.78 is 5.76. The number of nitrogens with one attached hydrogen (secondary N) is 1. The largest absolute Gasteiger partial charge is 0.493 e. The fourth-order valence-electron chi connectivity index (χ4n) is 1.67. The van der Waals surface area contributed by atoms with Gasteiger partial charge in [-0.05, 0) is 24.8 Å². The Balaban J connectivity index is 2.42. The molecule has 1 heterocycles. The number of aromatic nitrogens is 1. The van der Waals surface area contributed by atoms with Crippen molar-refractivity contribution in [2.24, 2.45) is 5.92 Å². The minimum absolute atomic E-state index is 0.611. The second-order valence-electron chi connectivity index (χ2n) is 4.51. The lowest BCUT2D eigenvalue weighted by molar-refractivity contribution is 0.251. The molecule has 3 heteroatoms. The monoisotopic (exact) mass is 236 g/mol. The Morgan fingerprint density at radius 3 is 2.88 bits per heavy atom. The molecule has 0 aliphatic rings. The van der Waals surface area contributed by atoms with E-state index >= 15 is 0 Å². The van der Waals surface area contributed by atoms with Gasteiger partial charge in [0.05, 0.1) is 6.61 Å². The SMILES string of the molecule is CCCNc1cc(OCC(C)CCC)ccn1. The number of pyridine rings is 1. The molecule has 0 fully saturated rings. The number of ether oxygens (including phenoxy) is 1. The predicted molar refractivity (Wildman–Crippen MR) is 72.6 cm³/mol. The molecule has 96 valence electrons. The van der Waals surface area contributed by atoms with E-state index < -0.39 is 0 Å². The maximum Gasteiger partial charge on any atom is 0.129 e. The summed E-state index contributed by atoms with van der Waals surface area (Å²) in [7, 11) is 0. The summed E-state index contributed by atoms with van der Waals surface area (Å²) in [5, 5.41) is 3.26. The van der Waals surface area contributed by atoms with Crippen LogP contribution in [-0.2, 0) is 0 Å². The molecule has 1 rings (SSSR count). The van der Waals surface area contributed by atoms with Crippen LogP contribution in [0.1, 0.15) is 40.0 Å². The van der Waals surface area contributed by atoms with Crippen molar-refractivity contribution in [2.75, 3.05) is 18.5 Å². The van der Waals surface area contributed by atoms with E-state index in [1.807, 2.05) is 12.1 Å². The molecule has 0 amide bonds. The minimum atomic E-state index is 0.611. The van der Waals surface area contributed by atoms with Gasteiger partial charge in [-0.3, -0.25) is 0 Å². The molecular weight excluding hydrogens is 212 g/mol. The van der Waals surface area contributed by atoms with Gasteiger partial charge in [-0.2, -0.15) is 0 Å². The average molecular weight is 236 g/mol. The van der Waals surface area contributed by atoms with Crippen molar-refractivity contribution in [3.63, 3.8) is 0 Å². The third-order valence-electron chi connectivity index (χ3n) is 2.60. The molecule has 0 aliphatic carbocycles. The Bertz CT molecular complexity index is 315. The summed E-state index contributed by atoms with van der Waals surface area (Å²) in [4.78, 5) is 4.25. The molecule has 3 nitrogen and oxygen atoms in total. The normalized spacial score (nSPS) is 12.2. The van der Waals surface area contributed by atoms with E-state index in [1.54, 1.807) is 6.20 Å². The minimum Gasteiger partial charge on any atom is -0.493 e. The first-order valence-electron chi connectivity index (χ1n) is 6.59. The van der Waals surface area contributed by atoms with Crippen LogP contribution >= 0.6 is 0 Å². The van der Waals surface area contributed by atoms with Gasteiger partial charge in [-0.15, -0.1) is 0 Å². The van der Waals surface area contributed by atoms with E-state index in [1.165, 1.54) is 12.8 Å². The number of anilines is 1. The molecule has 1 unspecified atom stereocenters. The summed E-state index contributed by atoms with van der Waals surface area (Å²) in [6.45, 7) is 8.30. The third kappa shape index (κ3) is 5.57. The Morgan fingerprint density at radius 2 is 2.18 bits per heavy atom. The first kappa shape index (κ1) is 13.8. The standard InChI is InChI=1S/C14H24N2O/c1-4-6-12(3)11-17-13-7-9-16-14(10-13)15-8-5-2/h7,9-10,12H,4-6,8,11H2,1-3H3,(H,15,16). The first-order chi connectivity index (χ1) is 8.26. The van der Waals surface area contributed by atoms with Crippen molar-refractivity contribution >= 4 is 5.82 Å². The molecule has 0 aliphatic heterocycles. The van der Waals surface area contributed by atoms with Gasteiger partial charge in [0.2, 0.25) is 0 Å². The van der Waals surface area contributed by atoms with Crippen LogP contribution in [0, 0.1) is 5.92 Å². The van der Waals surface area contributed by atoms with Crippen molar-refractivity contribution in [3.8, 4) is 5.75 Å². The smallest absolute Gasteiger partial charge is 0.129 e. The third-order valence-corrected chi connectivity index (χ3v) is 2.60. The molecule has 0 spiro atoms. The van der Waals surface area contributed by atoms with Crippen LogP contribution in [0.5, 0.6) is 5.75 Å². The molecule has 0 bridgehead atoms. The summed E-state index contributed by atoms with van der Waals surface area (Å²) >= 11 is 0. The molecule has 0 saturated heterocycles. The average Bonchev–Trinajstić information content (AvgIpc) is 2.35. The van der Waals surface area contributed by atoms with E-state index in [0.717, 1.165) is 31.1 Å². The van der Waals surface area contributed by atoms with Gasteiger partial charge in [0.15, 0.2) is 0 Å². The number of hydrogen-bond donors (Lipinski definition) is 1. The molecule has 1 N–H and O–H groups in total. The van der Waals surface area contributed by atoms with Crippen molar-refractivity contribution < 1.29 is 4.74 Å². The molecule has 0 radical (unpaired) electrons. The predicted octanol–water partition coefficient (Wildman–Crippen LogP) is 3.72. The fraction of sp³-hybridized carbons (Fsp3) is 0.643. The first-order valence-corrected chi connectivity index (χ1v) is 6.59. The summed E-state index contributed by atoms with van der Waals surface area (Å²) in [6.07, 6.45) is 5.31. The fourth-order valence-corrected chi connectivity index (χ4v) is 1.67. The maximum absolute atomic E-state index is 5.76. The van der Waals surface area contributed by atoms with Gasteiger partial charge < -0.3 is 10.1 Å². The maximum atomic E-state index is 5.76. The molecule has 0 aromatic carbocycles. The van der Waals surface area contributed by atoms with E-state index in [2.05, 4.69) is 31.1 Å². The number of nitrogens with zero attached hydrogens (tertiary/aromatic N) is 1. The molecule has 1 aromatic rings. The molecular formula is C14H24N2O. The Morgan fingerprint density at radius 1 is 1.35 bits per heavy atom. The van der Waals surface area contributed by atoms with Crippen LogP contribution in [0.15, 0.2) is 18.3 Å². The van der Waals surface area contributed by atoms with Crippen molar-refractivity contribution in [1.29, 1.82) is 0 Å². The van der Waals surface area contributed by atoms with Crippen molar-refractivity contribution in [1.82, 2.24) is 4.98 Å². The van der Waals surface area contributed by atoms with E-state index in [4.69, 9.17) is 4.74 Å². The Kier molecular flexibility index (Phi) is 6.45. The topological polar surface area (TPSA) is 34.1 Å². The molecule has 1 atom stereocenters. The number of rotatable bonds is 8. The lowest BCUT2D eigenvalue weighted by Crippen LogP contribution is -2.08. The summed E-state index contributed by atoms with van der Waals surface area (Å²) in [5.74, 6) is 2.41. The highest BCUT2D eigenvalue weighted by Crippen LogP contribution is 2.16. The van der Waals surface area contributed by atoms with Crippen LogP contribution in [0.3, 0.4) is 0 Å². The molecule has 1 aromatic heterocycles. The number of hydrogen-bond acceptors (Lipinski definition) is 3. The van der Waals surface area contributed by atoms with Gasteiger partial charge in [0, 0.05) is 18.8 Å². The van der Waals surface area contributed by atoms with Gasteiger partial charge in [0.25, 0.3) is 0 Å². The van der Waals surface area contributed by atoms with Gasteiger partial charge in [-0.1, -0.05) is 27.2 Å². The second kappa shape index (κ2) is 7.93. The molecule has 17 heavy (non-hydrogen) atoms. The lowest BCUT2D eigenvalue weighted by atomic mass is 10.1. The zero-order valence-electron chi connectivity index (χ0n) is 11.2. The van der Waals surface area contributed by atoms with Crippen LogP contribution in [0.4, 0.5) is 5.82 Å². The zero-order chi connectivity index (χ0) is 12.5. The van der Waals surface area contributed by atoms with E-state index in [9.17, 15) is 0 Å². The van der Waals surface area contributed by atoms with E-state index in [0.29, 0.717) is 5.92 Å².